The van der Waals surface area contributed by atoms with Gasteiger partial charge in [0.15, 0.2) is 0 Å². The summed E-state index contributed by atoms with van der Waals surface area (Å²) in [4.78, 5) is 25.1. The van der Waals surface area contributed by atoms with Crippen LogP contribution in [0.25, 0.3) is 21.9 Å². The topological polar surface area (TPSA) is 64.2 Å². The number of hydrogen-bond acceptors (Lipinski definition) is 3. The Hall–Kier alpha value is -3.41. The highest BCUT2D eigenvalue weighted by molar-refractivity contribution is 6.07. The third-order valence-corrected chi connectivity index (χ3v) is 4.58. The van der Waals surface area contributed by atoms with E-state index in [1.165, 1.54) is 12.1 Å². The Balaban J connectivity index is 1.76. The van der Waals surface area contributed by atoms with Gasteiger partial charge in [0.1, 0.15) is 17.1 Å². The quantitative estimate of drug-likeness (QED) is 0.560. The van der Waals surface area contributed by atoms with Crippen molar-refractivity contribution in [3.05, 3.63) is 82.1 Å². The van der Waals surface area contributed by atoms with Gasteiger partial charge in [-0.25, -0.2) is 9.18 Å². The molecule has 5 nitrogen and oxygen atoms in total. The molecule has 27 heavy (non-hydrogen) atoms. The zero-order valence-electron chi connectivity index (χ0n) is 14.7. The van der Waals surface area contributed by atoms with E-state index in [9.17, 15) is 14.0 Å². The van der Waals surface area contributed by atoms with E-state index in [1.807, 2.05) is 23.6 Å². The van der Waals surface area contributed by atoms with Crippen LogP contribution >= 0.6 is 0 Å². The average molecular weight is 364 g/mol. The lowest BCUT2D eigenvalue weighted by molar-refractivity contribution is 0.0942. The SMILES string of the molecule is CCn1c(C(=O)NCc2ccc(F)cc2)cc2c(=O)oc3ccccc3c21. The normalized spacial score (nSPS) is 11.2. The number of carbonyl (C=O) groups excluding carboxylic acids is 1. The van der Waals surface area contributed by atoms with Crippen LogP contribution in [0.3, 0.4) is 0 Å². The molecule has 0 bridgehead atoms. The molecule has 6 heteroatoms. The number of carbonyl (C=O) groups is 1. The highest BCUT2D eigenvalue weighted by Gasteiger charge is 2.19. The fourth-order valence-electron chi connectivity index (χ4n) is 3.29. The van der Waals surface area contributed by atoms with Crippen molar-refractivity contribution in [3.8, 4) is 0 Å². The molecule has 0 fully saturated rings. The zero-order chi connectivity index (χ0) is 19.0. The Kier molecular flexibility index (Phi) is 4.24. The standard InChI is InChI=1S/C21H17FN2O3/c1-2-24-17(20(25)23-12-13-7-9-14(22)10-8-13)11-16-19(24)15-5-3-4-6-18(15)27-21(16)26/h3-11H,2,12H2,1H3,(H,23,25). The number of nitrogens with zero attached hydrogens (tertiary/aromatic N) is 1. The predicted molar refractivity (Wildman–Crippen MR) is 101 cm³/mol. The third kappa shape index (κ3) is 2.99. The molecule has 2 aromatic carbocycles. The molecule has 2 aromatic heterocycles. The lowest BCUT2D eigenvalue weighted by Gasteiger charge is -2.10. The molecule has 0 aliphatic carbocycles. The minimum absolute atomic E-state index is 0.264. The maximum absolute atomic E-state index is 13.0. The van der Waals surface area contributed by atoms with E-state index in [0.717, 1.165) is 10.9 Å². The Morgan fingerprint density at radius 3 is 2.59 bits per heavy atom. The van der Waals surface area contributed by atoms with Crippen LogP contribution in [0, 0.1) is 5.82 Å². The summed E-state index contributed by atoms with van der Waals surface area (Å²) >= 11 is 0. The Bertz CT molecular complexity index is 1210. The molecule has 0 spiro atoms. The molecule has 0 saturated carbocycles. The van der Waals surface area contributed by atoms with Crippen LogP contribution in [0.1, 0.15) is 23.0 Å². The predicted octanol–water partition coefficient (Wildman–Crippen LogP) is 3.84. The van der Waals surface area contributed by atoms with Crippen LogP contribution in [0.5, 0.6) is 0 Å². The summed E-state index contributed by atoms with van der Waals surface area (Å²) in [6, 6.07) is 14.8. The number of aromatic nitrogens is 1. The number of nitrogens with one attached hydrogen (secondary N) is 1. The molecule has 0 aliphatic heterocycles. The molecule has 0 unspecified atom stereocenters. The monoisotopic (exact) mass is 364 g/mol. The second kappa shape index (κ2) is 6.72. The van der Waals surface area contributed by atoms with Crippen molar-refractivity contribution in [2.45, 2.75) is 20.0 Å². The van der Waals surface area contributed by atoms with E-state index >= 15 is 0 Å². The lowest BCUT2D eigenvalue weighted by atomic mass is 10.2. The van der Waals surface area contributed by atoms with Gasteiger partial charge in [-0.15, -0.1) is 0 Å². The summed E-state index contributed by atoms with van der Waals surface area (Å²) < 4.78 is 20.2. The third-order valence-electron chi connectivity index (χ3n) is 4.58. The molecule has 136 valence electrons. The van der Waals surface area contributed by atoms with Crippen LogP contribution in [0.4, 0.5) is 4.39 Å². The number of fused-ring (bicyclic) bond motifs is 3. The van der Waals surface area contributed by atoms with E-state index < -0.39 is 5.63 Å². The molecule has 2 heterocycles. The van der Waals surface area contributed by atoms with Gasteiger partial charge in [-0.1, -0.05) is 24.3 Å². The van der Waals surface area contributed by atoms with Gasteiger partial charge in [0.25, 0.3) is 5.91 Å². The highest BCUT2D eigenvalue weighted by Crippen LogP contribution is 2.26. The molecular formula is C21H17FN2O3. The van der Waals surface area contributed by atoms with E-state index in [2.05, 4.69) is 5.32 Å². The van der Waals surface area contributed by atoms with Gasteiger partial charge < -0.3 is 14.3 Å². The molecule has 0 aliphatic rings. The van der Waals surface area contributed by atoms with Gasteiger partial charge in [-0.05, 0) is 42.8 Å². The van der Waals surface area contributed by atoms with E-state index in [4.69, 9.17) is 4.42 Å². The first-order chi connectivity index (χ1) is 13.1. The van der Waals surface area contributed by atoms with E-state index in [0.29, 0.717) is 28.7 Å². The Morgan fingerprint density at radius 1 is 1.11 bits per heavy atom. The zero-order valence-corrected chi connectivity index (χ0v) is 14.7. The van der Waals surface area contributed by atoms with Crippen molar-refractivity contribution in [2.24, 2.45) is 0 Å². The van der Waals surface area contributed by atoms with Gasteiger partial charge in [-0.2, -0.15) is 0 Å². The molecule has 0 saturated heterocycles. The first-order valence-corrected chi connectivity index (χ1v) is 8.66. The van der Waals surface area contributed by atoms with Crippen molar-refractivity contribution in [3.63, 3.8) is 0 Å². The number of hydrogen-bond donors (Lipinski definition) is 1. The fourth-order valence-corrected chi connectivity index (χ4v) is 3.29. The number of amides is 1. The number of benzene rings is 2. The summed E-state index contributed by atoms with van der Waals surface area (Å²) in [5, 5.41) is 3.98. The molecule has 1 amide bonds. The van der Waals surface area contributed by atoms with Crippen molar-refractivity contribution < 1.29 is 13.6 Å². The number of aryl methyl sites for hydroxylation is 1. The second-order valence-electron chi connectivity index (χ2n) is 6.23. The van der Waals surface area contributed by atoms with Gasteiger partial charge >= 0.3 is 5.63 Å². The van der Waals surface area contributed by atoms with Crippen molar-refractivity contribution in [1.29, 1.82) is 0 Å². The fraction of sp³-hybridized carbons (Fsp3) is 0.143. The molecule has 4 aromatic rings. The van der Waals surface area contributed by atoms with Gasteiger partial charge in [0.05, 0.1) is 10.9 Å². The van der Waals surface area contributed by atoms with Crippen LogP contribution < -0.4 is 10.9 Å². The van der Waals surface area contributed by atoms with Gasteiger partial charge in [0.2, 0.25) is 0 Å². The molecule has 0 atom stereocenters. The first kappa shape index (κ1) is 17.0. The van der Waals surface area contributed by atoms with E-state index in [1.54, 1.807) is 30.3 Å². The minimum Gasteiger partial charge on any atom is -0.422 e. The first-order valence-electron chi connectivity index (χ1n) is 8.66. The van der Waals surface area contributed by atoms with Crippen LogP contribution in [0.2, 0.25) is 0 Å². The van der Waals surface area contributed by atoms with Crippen molar-refractivity contribution in [2.75, 3.05) is 0 Å². The van der Waals surface area contributed by atoms with Gasteiger partial charge in [-0.3, -0.25) is 4.79 Å². The van der Waals surface area contributed by atoms with Crippen LogP contribution in [-0.2, 0) is 13.1 Å². The Labute approximate surface area is 154 Å². The Morgan fingerprint density at radius 2 is 1.85 bits per heavy atom. The average Bonchev–Trinajstić information content (AvgIpc) is 3.08. The smallest absolute Gasteiger partial charge is 0.345 e. The summed E-state index contributed by atoms with van der Waals surface area (Å²) in [6.07, 6.45) is 0. The summed E-state index contributed by atoms with van der Waals surface area (Å²) in [5.41, 5.74) is 1.88. The summed E-state index contributed by atoms with van der Waals surface area (Å²) in [7, 11) is 0. The largest absolute Gasteiger partial charge is 0.422 e. The second-order valence-corrected chi connectivity index (χ2v) is 6.23. The summed E-state index contributed by atoms with van der Waals surface area (Å²) in [6.45, 7) is 2.70. The molecular weight excluding hydrogens is 347 g/mol. The maximum atomic E-state index is 13.0. The minimum atomic E-state index is -0.469. The highest BCUT2D eigenvalue weighted by atomic mass is 19.1. The van der Waals surface area contributed by atoms with Crippen LogP contribution in [-0.4, -0.2) is 10.5 Å². The maximum Gasteiger partial charge on any atom is 0.345 e. The number of para-hydroxylation sites is 1. The van der Waals surface area contributed by atoms with Crippen molar-refractivity contribution in [1.82, 2.24) is 9.88 Å². The number of halogens is 1. The molecule has 1 N–H and O–H groups in total. The van der Waals surface area contributed by atoms with Crippen LogP contribution in [0.15, 0.2) is 63.8 Å². The molecule has 0 radical (unpaired) electrons. The van der Waals surface area contributed by atoms with Gasteiger partial charge in [0, 0.05) is 18.5 Å². The number of rotatable bonds is 4. The van der Waals surface area contributed by atoms with Crippen molar-refractivity contribution >= 4 is 27.8 Å². The lowest BCUT2D eigenvalue weighted by Crippen LogP contribution is -2.25. The van der Waals surface area contributed by atoms with E-state index in [-0.39, 0.29) is 18.3 Å². The molecule has 4 rings (SSSR count). The summed E-state index contributed by atoms with van der Waals surface area (Å²) in [5.74, 6) is -0.629.